The van der Waals surface area contributed by atoms with Gasteiger partial charge in [-0.3, -0.25) is 4.79 Å². The molecular formula is C33H30F3N7O2. The monoisotopic (exact) mass is 613 g/mol. The van der Waals surface area contributed by atoms with Crippen LogP contribution in [0.4, 0.5) is 41.1 Å². The molecule has 4 aromatic rings. The molecule has 4 N–H and O–H groups in total. The Bertz CT molecular complexity index is 1820. The van der Waals surface area contributed by atoms with E-state index in [9.17, 15) is 14.0 Å². The van der Waals surface area contributed by atoms with Gasteiger partial charge in [-0.25, -0.2) is 27.8 Å². The number of nitrogens with zero attached hydrogens (tertiary/aromatic N) is 4. The largest absolute Gasteiger partial charge is 0.341 e. The highest BCUT2D eigenvalue weighted by molar-refractivity contribution is 6.05. The fraction of sp³-hybridized carbons (Fsp3) is 0.212. The van der Waals surface area contributed by atoms with Crippen LogP contribution >= 0.6 is 0 Å². The molecule has 6 rings (SSSR count). The van der Waals surface area contributed by atoms with Gasteiger partial charge in [0.25, 0.3) is 5.91 Å². The minimum atomic E-state index is -0.929. The molecule has 1 saturated heterocycles. The molecule has 12 heteroatoms. The summed E-state index contributed by atoms with van der Waals surface area (Å²) in [6, 6.07) is 12.0. The van der Waals surface area contributed by atoms with Crippen LogP contribution in [0.15, 0.2) is 61.2 Å². The zero-order valence-electron chi connectivity index (χ0n) is 24.4. The maximum atomic E-state index is 15.1. The van der Waals surface area contributed by atoms with Crippen molar-refractivity contribution in [2.45, 2.75) is 32.4 Å². The number of rotatable bonds is 6. The standard InChI is InChI=1S/C33H30F3N7O2/c1-3-19-8-9-20(15-27(19)36)31(44)39-22-10-7-18(2)23(16-22)28-24-17-38-33(45)43(29-25(34)5-4-6-26(29)35)30(24)41-32(40-28)42-13-11-21(37)12-14-42/h3-10,15-16,21H,1,11-14,17,37H2,2H3,(H,38,45)(H,39,44). The van der Waals surface area contributed by atoms with Crippen LogP contribution in [0.3, 0.4) is 0 Å². The van der Waals surface area contributed by atoms with Gasteiger partial charge >= 0.3 is 6.03 Å². The average molecular weight is 614 g/mol. The Labute approximate surface area is 257 Å². The van der Waals surface area contributed by atoms with Gasteiger partial charge in [-0.1, -0.05) is 30.9 Å². The maximum absolute atomic E-state index is 15.1. The third-order valence-corrected chi connectivity index (χ3v) is 8.02. The van der Waals surface area contributed by atoms with Gasteiger partial charge in [0.05, 0.1) is 12.2 Å². The van der Waals surface area contributed by atoms with Crippen molar-refractivity contribution in [3.05, 3.63) is 101 Å². The first-order chi connectivity index (χ1) is 21.6. The highest BCUT2D eigenvalue weighted by Crippen LogP contribution is 2.40. The van der Waals surface area contributed by atoms with E-state index in [1.807, 2.05) is 11.8 Å². The van der Waals surface area contributed by atoms with E-state index in [4.69, 9.17) is 15.7 Å². The molecular weight excluding hydrogens is 583 g/mol. The van der Waals surface area contributed by atoms with E-state index < -0.39 is 35.1 Å². The zero-order valence-corrected chi connectivity index (χ0v) is 24.4. The Hall–Kier alpha value is -5.23. The molecule has 230 valence electrons. The van der Waals surface area contributed by atoms with E-state index in [-0.39, 0.29) is 35.5 Å². The lowest BCUT2D eigenvalue weighted by Gasteiger charge is -2.34. The van der Waals surface area contributed by atoms with Crippen LogP contribution in [0.5, 0.6) is 0 Å². The number of carbonyl (C=O) groups is 2. The molecule has 1 fully saturated rings. The van der Waals surface area contributed by atoms with E-state index in [1.54, 1.807) is 18.2 Å². The van der Waals surface area contributed by atoms with Crippen molar-refractivity contribution in [1.29, 1.82) is 0 Å². The number of hydrogen-bond donors (Lipinski definition) is 3. The van der Waals surface area contributed by atoms with Crippen molar-refractivity contribution in [3.63, 3.8) is 0 Å². The lowest BCUT2D eigenvalue weighted by atomic mass is 9.99. The van der Waals surface area contributed by atoms with Crippen molar-refractivity contribution in [1.82, 2.24) is 15.3 Å². The molecule has 0 radical (unpaired) electrons. The van der Waals surface area contributed by atoms with Gasteiger partial charge in [0.2, 0.25) is 5.95 Å². The first kappa shape index (κ1) is 29.8. The number of amides is 3. The highest BCUT2D eigenvalue weighted by Gasteiger charge is 2.35. The van der Waals surface area contributed by atoms with Gasteiger partial charge in [0.15, 0.2) is 5.82 Å². The zero-order chi connectivity index (χ0) is 31.8. The lowest BCUT2D eigenvalue weighted by molar-refractivity contribution is 0.102. The Morgan fingerprint density at radius 2 is 1.78 bits per heavy atom. The van der Waals surface area contributed by atoms with Crippen LogP contribution in [0.2, 0.25) is 0 Å². The highest BCUT2D eigenvalue weighted by atomic mass is 19.1. The molecule has 45 heavy (non-hydrogen) atoms. The molecule has 3 aromatic carbocycles. The van der Waals surface area contributed by atoms with Crippen LogP contribution in [-0.4, -0.2) is 41.0 Å². The fourth-order valence-corrected chi connectivity index (χ4v) is 5.51. The number of aryl methyl sites for hydroxylation is 1. The summed E-state index contributed by atoms with van der Waals surface area (Å²) in [5.41, 5.74) is 8.60. The number of nitrogens with two attached hydrogens (primary N) is 1. The number of fused-ring (bicyclic) bond motifs is 1. The van der Waals surface area contributed by atoms with Crippen molar-refractivity contribution in [2.75, 3.05) is 28.2 Å². The van der Waals surface area contributed by atoms with Crippen LogP contribution in [0.1, 0.15) is 39.9 Å². The summed E-state index contributed by atoms with van der Waals surface area (Å²) in [6.45, 7) is 6.51. The summed E-state index contributed by atoms with van der Waals surface area (Å²) < 4.78 is 44.5. The summed E-state index contributed by atoms with van der Waals surface area (Å²) in [5, 5.41) is 5.49. The molecule has 3 heterocycles. The Kier molecular flexibility index (Phi) is 7.98. The molecule has 0 unspecified atom stereocenters. The molecule has 0 saturated carbocycles. The number of benzene rings is 3. The van der Waals surface area contributed by atoms with E-state index in [1.165, 1.54) is 24.3 Å². The van der Waals surface area contributed by atoms with Gasteiger partial charge in [-0.05, 0) is 61.7 Å². The molecule has 1 aromatic heterocycles. The minimum absolute atomic E-state index is 0.00776. The quantitative estimate of drug-likeness (QED) is 0.244. The molecule has 3 amide bonds. The second-order valence-corrected chi connectivity index (χ2v) is 11.0. The van der Waals surface area contributed by atoms with Crippen molar-refractivity contribution >= 4 is 41.2 Å². The number of carbonyl (C=O) groups excluding carboxylic acids is 2. The topological polar surface area (TPSA) is 116 Å². The molecule has 0 spiro atoms. The molecule has 0 aliphatic carbocycles. The fourth-order valence-electron chi connectivity index (χ4n) is 5.51. The number of para-hydroxylation sites is 1. The van der Waals surface area contributed by atoms with Crippen LogP contribution in [-0.2, 0) is 6.54 Å². The molecule has 2 aliphatic heterocycles. The number of anilines is 4. The van der Waals surface area contributed by atoms with Gasteiger partial charge in [-0.2, -0.15) is 4.98 Å². The smallest absolute Gasteiger partial charge is 0.328 e. The van der Waals surface area contributed by atoms with Crippen LogP contribution in [0, 0.1) is 24.4 Å². The summed E-state index contributed by atoms with van der Waals surface area (Å²) in [6.07, 6.45) is 2.75. The second kappa shape index (κ2) is 12.0. The van der Waals surface area contributed by atoms with Gasteiger partial charge in [-0.15, -0.1) is 0 Å². The summed E-state index contributed by atoms with van der Waals surface area (Å²) in [4.78, 5) is 38.7. The number of halogens is 3. The van der Waals surface area contributed by atoms with Crippen molar-refractivity contribution in [2.24, 2.45) is 5.73 Å². The van der Waals surface area contributed by atoms with Crippen molar-refractivity contribution < 1.29 is 22.8 Å². The van der Waals surface area contributed by atoms with Crippen LogP contribution in [0.25, 0.3) is 17.3 Å². The summed E-state index contributed by atoms with van der Waals surface area (Å²) >= 11 is 0. The van der Waals surface area contributed by atoms with E-state index in [0.29, 0.717) is 48.4 Å². The van der Waals surface area contributed by atoms with Gasteiger partial charge < -0.3 is 21.3 Å². The van der Waals surface area contributed by atoms with E-state index in [2.05, 4.69) is 17.2 Å². The SMILES string of the molecule is C=Cc1ccc(C(=O)Nc2ccc(C)c(-c3nc(N4CCC(N)CC4)nc4c3CNC(=O)N4c3c(F)cccc3F)c2)cc1F. The molecule has 9 nitrogen and oxygen atoms in total. The minimum Gasteiger partial charge on any atom is -0.341 e. The third-order valence-electron chi connectivity index (χ3n) is 8.02. The normalized spacial score (nSPS) is 15.0. The maximum Gasteiger partial charge on any atom is 0.328 e. The lowest BCUT2D eigenvalue weighted by Crippen LogP contribution is -2.44. The first-order valence-electron chi connectivity index (χ1n) is 14.4. The van der Waals surface area contributed by atoms with Gasteiger partial charge in [0.1, 0.15) is 23.1 Å². The Balaban J connectivity index is 1.47. The van der Waals surface area contributed by atoms with Gasteiger partial charge in [0, 0.05) is 47.1 Å². The summed E-state index contributed by atoms with van der Waals surface area (Å²) in [5.74, 6) is -2.63. The van der Waals surface area contributed by atoms with E-state index in [0.717, 1.165) is 28.7 Å². The van der Waals surface area contributed by atoms with Crippen molar-refractivity contribution in [3.8, 4) is 11.3 Å². The second-order valence-electron chi connectivity index (χ2n) is 11.0. The number of hydrogen-bond acceptors (Lipinski definition) is 6. The number of nitrogens with one attached hydrogen (secondary N) is 2. The molecule has 0 bridgehead atoms. The molecule has 0 atom stereocenters. The average Bonchev–Trinajstić information content (AvgIpc) is 3.02. The Morgan fingerprint density at radius 3 is 2.47 bits per heavy atom. The van der Waals surface area contributed by atoms with E-state index >= 15 is 8.78 Å². The number of aromatic nitrogens is 2. The molecule has 2 aliphatic rings. The first-order valence-corrected chi connectivity index (χ1v) is 14.4. The van der Waals surface area contributed by atoms with Crippen LogP contribution < -0.4 is 26.2 Å². The summed E-state index contributed by atoms with van der Waals surface area (Å²) in [7, 11) is 0. The third kappa shape index (κ3) is 5.72. The predicted molar refractivity (Wildman–Crippen MR) is 167 cm³/mol. The predicted octanol–water partition coefficient (Wildman–Crippen LogP) is 6.05. The Morgan fingerprint density at radius 1 is 1.04 bits per heavy atom. The number of piperidine rings is 1. The number of urea groups is 1.